The molecule has 2 unspecified atom stereocenters. The molecule has 2 saturated heterocycles. The maximum atomic E-state index is 13.9. The first-order valence-electron chi connectivity index (χ1n) is 12.8. The highest BCUT2D eigenvalue weighted by atomic mass is 16.5. The van der Waals surface area contributed by atoms with Gasteiger partial charge in [-0.05, 0) is 50.5 Å². The van der Waals surface area contributed by atoms with E-state index in [4.69, 9.17) is 9.47 Å². The van der Waals surface area contributed by atoms with Crippen molar-refractivity contribution >= 4 is 17.8 Å². The maximum Gasteiger partial charge on any atom is 0.359 e. The number of nitrogens with zero attached hydrogens (tertiary/aromatic N) is 5. The number of methoxy groups -OCH3 is 1. The summed E-state index contributed by atoms with van der Waals surface area (Å²) in [6, 6.07) is 7.42. The third-order valence-corrected chi connectivity index (χ3v) is 7.96. The van der Waals surface area contributed by atoms with Gasteiger partial charge in [-0.3, -0.25) is 14.6 Å². The zero-order valence-electron chi connectivity index (χ0n) is 20.7. The highest BCUT2D eigenvalue weighted by Crippen LogP contribution is 2.50. The molecule has 3 aliphatic heterocycles. The number of carbonyl (C=O) groups excluding carboxylic acids is 3. The van der Waals surface area contributed by atoms with Gasteiger partial charge >= 0.3 is 5.97 Å². The minimum atomic E-state index is -0.507. The lowest BCUT2D eigenvalue weighted by Gasteiger charge is -2.37. The summed E-state index contributed by atoms with van der Waals surface area (Å²) in [5, 5.41) is 8.67. The van der Waals surface area contributed by atoms with E-state index in [2.05, 4.69) is 10.1 Å². The number of piperidine rings is 2. The molecule has 36 heavy (non-hydrogen) atoms. The molecule has 1 aromatic heterocycles. The van der Waals surface area contributed by atoms with E-state index in [1.165, 1.54) is 0 Å². The fourth-order valence-electron chi connectivity index (χ4n) is 6.16. The molecule has 0 spiro atoms. The van der Waals surface area contributed by atoms with Crippen LogP contribution in [0, 0.1) is 11.8 Å². The first-order valence-corrected chi connectivity index (χ1v) is 12.8. The number of aromatic nitrogens is 2. The van der Waals surface area contributed by atoms with Crippen LogP contribution in [0.15, 0.2) is 24.3 Å². The molecule has 4 aliphatic rings. The Morgan fingerprint density at radius 1 is 1.06 bits per heavy atom. The Morgan fingerprint density at radius 2 is 1.81 bits per heavy atom. The van der Waals surface area contributed by atoms with Crippen LogP contribution in [0.5, 0.6) is 5.75 Å². The summed E-state index contributed by atoms with van der Waals surface area (Å²) in [4.78, 5) is 40.9. The molecule has 0 N–H and O–H groups in total. The lowest BCUT2D eigenvalue weighted by atomic mass is 10.0. The molecule has 10 heteroatoms. The lowest BCUT2D eigenvalue weighted by molar-refractivity contribution is -0.152. The second-order valence-electron chi connectivity index (χ2n) is 9.92. The molecule has 2 atom stereocenters. The van der Waals surface area contributed by atoms with Crippen LogP contribution in [-0.4, -0.2) is 88.4 Å². The topological polar surface area (TPSA) is 97.2 Å². The van der Waals surface area contributed by atoms with Crippen LogP contribution in [0.25, 0.3) is 5.69 Å². The number of ether oxygens (including phenoxy) is 2. The summed E-state index contributed by atoms with van der Waals surface area (Å²) >= 11 is 0. The molecule has 0 radical (unpaired) electrons. The first kappa shape index (κ1) is 23.0. The second kappa shape index (κ2) is 8.92. The Hall–Kier alpha value is -3.40. The van der Waals surface area contributed by atoms with Gasteiger partial charge in [-0.25, -0.2) is 14.5 Å². The lowest BCUT2D eigenvalue weighted by Crippen LogP contribution is -2.51. The van der Waals surface area contributed by atoms with Crippen LogP contribution < -0.4 is 4.74 Å². The third kappa shape index (κ3) is 3.66. The maximum absolute atomic E-state index is 13.9. The van der Waals surface area contributed by atoms with Crippen molar-refractivity contribution in [1.29, 1.82) is 0 Å². The van der Waals surface area contributed by atoms with Gasteiger partial charge in [0, 0.05) is 56.0 Å². The average molecular weight is 494 g/mol. The highest BCUT2D eigenvalue weighted by Gasteiger charge is 2.61. The summed E-state index contributed by atoms with van der Waals surface area (Å²) in [6.45, 7) is 4.96. The summed E-state index contributed by atoms with van der Waals surface area (Å²) in [5.41, 5.74) is 1.98. The predicted molar refractivity (Wildman–Crippen MR) is 129 cm³/mol. The molecule has 10 nitrogen and oxygen atoms in total. The number of amides is 2. The van der Waals surface area contributed by atoms with E-state index in [-0.39, 0.29) is 30.2 Å². The Balaban J connectivity index is 1.26. The molecular weight excluding hydrogens is 462 g/mol. The monoisotopic (exact) mass is 493 g/mol. The van der Waals surface area contributed by atoms with Gasteiger partial charge in [0.05, 0.1) is 19.4 Å². The summed E-state index contributed by atoms with van der Waals surface area (Å²) in [6.07, 6.45) is 3.20. The van der Waals surface area contributed by atoms with E-state index in [1.807, 2.05) is 22.0 Å². The number of hydrogen-bond acceptors (Lipinski definition) is 7. The van der Waals surface area contributed by atoms with Crippen molar-refractivity contribution in [3.63, 3.8) is 0 Å². The van der Waals surface area contributed by atoms with Gasteiger partial charge < -0.3 is 14.4 Å². The predicted octanol–water partition coefficient (Wildman–Crippen LogP) is 1.91. The zero-order valence-corrected chi connectivity index (χ0v) is 20.7. The smallest absolute Gasteiger partial charge is 0.359 e. The third-order valence-electron chi connectivity index (χ3n) is 7.96. The normalized spacial score (nSPS) is 25.6. The van der Waals surface area contributed by atoms with Crippen LogP contribution in [0.3, 0.4) is 0 Å². The van der Waals surface area contributed by atoms with E-state index in [0.717, 1.165) is 32.5 Å². The SMILES string of the molecule is CCOC(=O)c1nn(-c2ccc(OC)cc2)c2c1CCN(C1C3CN(N4CCCCC4=O)CC31)C2=O. The van der Waals surface area contributed by atoms with Crippen molar-refractivity contribution in [2.24, 2.45) is 11.8 Å². The molecule has 4 heterocycles. The van der Waals surface area contributed by atoms with Crippen LogP contribution in [0.4, 0.5) is 0 Å². The van der Waals surface area contributed by atoms with Crippen molar-refractivity contribution in [1.82, 2.24) is 24.7 Å². The zero-order chi connectivity index (χ0) is 25.0. The fraction of sp³-hybridized carbons (Fsp3) is 0.538. The van der Waals surface area contributed by atoms with Crippen LogP contribution in [0.1, 0.15) is 52.7 Å². The molecular formula is C26H31N5O5. The first-order chi connectivity index (χ1) is 17.5. The molecule has 190 valence electrons. The van der Waals surface area contributed by atoms with Crippen LogP contribution >= 0.6 is 0 Å². The fourth-order valence-corrected chi connectivity index (χ4v) is 6.16. The summed E-state index contributed by atoms with van der Waals surface area (Å²) < 4.78 is 12.1. The van der Waals surface area contributed by atoms with Gasteiger partial charge in [-0.2, -0.15) is 5.10 Å². The Morgan fingerprint density at radius 3 is 2.47 bits per heavy atom. The van der Waals surface area contributed by atoms with E-state index >= 15 is 0 Å². The van der Waals surface area contributed by atoms with E-state index in [0.29, 0.717) is 53.9 Å². The van der Waals surface area contributed by atoms with Gasteiger partial charge in [-0.15, -0.1) is 0 Å². The second-order valence-corrected chi connectivity index (χ2v) is 9.92. The Bertz CT molecular complexity index is 1200. The molecule has 2 aromatic rings. The minimum absolute atomic E-state index is 0.102. The Kier molecular flexibility index (Phi) is 5.70. The number of esters is 1. The number of carbonyl (C=O) groups is 3. The van der Waals surface area contributed by atoms with Crippen LogP contribution in [-0.2, 0) is 16.0 Å². The number of hydrazine groups is 1. The van der Waals surface area contributed by atoms with Crippen molar-refractivity contribution in [2.45, 2.75) is 38.6 Å². The van der Waals surface area contributed by atoms with Gasteiger partial charge in [0.15, 0.2) is 5.69 Å². The standard InChI is InChI=1S/C26H31N5O5/c1-3-36-26(34)22-18-11-13-29(23-19-14-28(15-20(19)23)30-12-5-4-6-21(30)32)25(33)24(18)31(27-22)16-7-9-17(35-2)10-8-16/h7-10,19-20,23H,3-6,11-15H2,1-2H3. The van der Waals surface area contributed by atoms with E-state index < -0.39 is 5.97 Å². The average Bonchev–Trinajstić information content (AvgIpc) is 3.20. The molecule has 2 amide bonds. The van der Waals surface area contributed by atoms with Crippen molar-refractivity contribution < 1.29 is 23.9 Å². The quantitative estimate of drug-likeness (QED) is 0.567. The number of benzene rings is 1. The largest absolute Gasteiger partial charge is 0.497 e. The number of hydrogen-bond donors (Lipinski definition) is 0. The molecule has 6 rings (SSSR count). The van der Waals surface area contributed by atoms with Crippen LogP contribution in [0.2, 0.25) is 0 Å². The van der Waals surface area contributed by atoms with Gasteiger partial charge in [0.1, 0.15) is 11.4 Å². The van der Waals surface area contributed by atoms with Gasteiger partial charge in [0.25, 0.3) is 5.91 Å². The van der Waals surface area contributed by atoms with E-state index in [9.17, 15) is 14.4 Å². The number of fused-ring (bicyclic) bond motifs is 2. The molecule has 1 aliphatic carbocycles. The molecule has 3 fully saturated rings. The number of rotatable bonds is 6. The highest BCUT2D eigenvalue weighted by molar-refractivity contribution is 6.00. The molecule has 1 saturated carbocycles. The van der Waals surface area contributed by atoms with Crippen molar-refractivity contribution in [3.05, 3.63) is 41.2 Å². The van der Waals surface area contributed by atoms with Crippen molar-refractivity contribution in [2.75, 3.05) is 39.9 Å². The van der Waals surface area contributed by atoms with Gasteiger partial charge in [-0.1, -0.05) is 0 Å². The van der Waals surface area contributed by atoms with Gasteiger partial charge in [0.2, 0.25) is 5.91 Å². The molecule has 1 aromatic carbocycles. The summed E-state index contributed by atoms with van der Waals surface area (Å²) in [7, 11) is 1.60. The Labute approximate surface area is 209 Å². The van der Waals surface area contributed by atoms with Crippen molar-refractivity contribution in [3.8, 4) is 11.4 Å². The minimum Gasteiger partial charge on any atom is -0.497 e. The molecule has 0 bridgehead atoms. The summed E-state index contributed by atoms with van der Waals surface area (Å²) in [5.74, 6) is 1.04. The van der Waals surface area contributed by atoms with E-state index in [1.54, 1.807) is 30.8 Å².